The summed E-state index contributed by atoms with van der Waals surface area (Å²) in [4.78, 5) is 14.5. The Kier molecular flexibility index (Phi) is 11.2. The largest absolute Gasteiger partial charge is 0.501 e. The number of fused-ring (bicyclic) bond motifs is 8. The van der Waals surface area contributed by atoms with E-state index in [9.17, 15) is 0 Å². The molecule has 1 radical (unpaired) electrons. The van der Waals surface area contributed by atoms with Crippen molar-refractivity contribution in [2.75, 3.05) is 0 Å². The van der Waals surface area contributed by atoms with E-state index >= 15 is 0 Å². The first-order valence-electron chi connectivity index (χ1n) is 23.9. The smallest absolute Gasteiger partial charge is 0.121 e. The molecule has 7 aromatic carbocycles. The SMILES string of the molecule is C[Si](C)(C)c1ccc(-c2[c-]cccc2)nc1.[2H]C([2H])([2H])c1nc2ccccc2c2c1ccc1oc3c(-c4nc5ccccc5n4-c4c(C(C)C)cc(-c5ccccc5)cc4C(C)C)[c-]ccc3c12.[Ir]. The van der Waals surface area contributed by atoms with Gasteiger partial charge in [0.1, 0.15) is 5.58 Å². The van der Waals surface area contributed by atoms with Crippen LogP contribution in [0.2, 0.25) is 19.6 Å². The molecule has 66 heavy (non-hydrogen) atoms. The molecule has 0 saturated carbocycles. The van der Waals surface area contributed by atoms with Gasteiger partial charge < -0.3 is 14.0 Å². The molecule has 4 heterocycles. The summed E-state index contributed by atoms with van der Waals surface area (Å²) in [7, 11) is -1.23. The third kappa shape index (κ3) is 8.10. The first kappa shape index (κ1) is 41.0. The van der Waals surface area contributed by atoms with Crippen molar-refractivity contribution >= 4 is 67.9 Å². The number of pyridine rings is 2. The van der Waals surface area contributed by atoms with Crippen molar-refractivity contribution in [3.8, 4) is 39.5 Å². The average Bonchev–Trinajstić information content (AvgIpc) is 3.92. The summed E-state index contributed by atoms with van der Waals surface area (Å²) in [5, 5.41) is 5.41. The molecule has 0 N–H and O–H groups in total. The van der Waals surface area contributed by atoms with E-state index < -0.39 is 14.9 Å². The van der Waals surface area contributed by atoms with Gasteiger partial charge in [-0.2, -0.15) is 0 Å². The van der Waals surface area contributed by atoms with E-state index in [-0.39, 0.29) is 37.6 Å². The fraction of sp³-hybridized carbons (Fsp3) is 0.169. The summed E-state index contributed by atoms with van der Waals surface area (Å²) >= 11 is 0. The van der Waals surface area contributed by atoms with Crippen LogP contribution in [0.25, 0.3) is 94.1 Å². The Hall–Kier alpha value is -6.50. The van der Waals surface area contributed by atoms with E-state index in [1.165, 1.54) is 27.4 Å². The minimum atomic E-state index is -2.39. The molecule has 329 valence electrons. The zero-order valence-corrected chi connectivity index (χ0v) is 41.6. The third-order valence-electron chi connectivity index (χ3n) is 12.4. The second kappa shape index (κ2) is 18.1. The van der Waals surface area contributed by atoms with Crippen molar-refractivity contribution in [3.05, 3.63) is 187 Å². The second-order valence-electron chi connectivity index (χ2n) is 18.4. The number of rotatable bonds is 7. The van der Waals surface area contributed by atoms with E-state index in [1.807, 2.05) is 85.1 Å². The number of aromatic nitrogens is 4. The van der Waals surface area contributed by atoms with Gasteiger partial charge in [0.25, 0.3) is 0 Å². The zero-order valence-electron chi connectivity index (χ0n) is 41.2. The van der Waals surface area contributed by atoms with E-state index in [0.717, 1.165) is 60.9 Å². The Bertz CT molecular complexity index is 3620. The normalized spacial score (nSPS) is 12.7. The molecule has 0 bridgehead atoms. The van der Waals surface area contributed by atoms with Crippen LogP contribution in [0.3, 0.4) is 0 Å². The Labute approximate surface area is 406 Å². The number of benzene rings is 7. The number of aryl methyl sites for hydroxylation is 1. The van der Waals surface area contributed by atoms with Crippen LogP contribution in [-0.2, 0) is 20.1 Å². The molecule has 0 spiro atoms. The number of para-hydroxylation sites is 3. The van der Waals surface area contributed by atoms with Crippen LogP contribution in [0.15, 0.2) is 162 Å². The van der Waals surface area contributed by atoms with E-state index in [1.54, 1.807) is 0 Å². The van der Waals surface area contributed by atoms with E-state index in [0.29, 0.717) is 22.1 Å². The van der Waals surface area contributed by atoms with Crippen molar-refractivity contribution in [2.45, 2.75) is 66.0 Å². The molecule has 0 unspecified atom stereocenters. The van der Waals surface area contributed by atoms with Gasteiger partial charge in [0.05, 0.1) is 36.0 Å². The van der Waals surface area contributed by atoms with Crippen LogP contribution in [0.5, 0.6) is 0 Å². The van der Waals surface area contributed by atoms with Crippen LogP contribution in [0.1, 0.15) is 60.5 Å². The quantitative estimate of drug-likeness (QED) is 0.0907. The second-order valence-corrected chi connectivity index (χ2v) is 23.5. The molecule has 0 atom stereocenters. The number of nitrogens with zero attached hydrogens (tertiary/aromatic N) is 4. The Morgan fingerprint density at radius 3 is 2.03 bits per heavy atom. The van der Waals surface area contributed by atoms with Gasteiger partial charge in [0.2, 0.25) is 0 Å². The molecule has 11 rings (SSSR count). The average molecular weight is 1060 g/mol. The molecule has 0 aliphatic rings. The van der Waals surface area contributed by atoms with Crippen LogP contribution >= 0.6 is 0 Å². The van der Waals surface area contributed by atoms with Gasteiger partial charge in [0, 0.05) is 63.3 Å². The fourth-order valence-corrected chi connectivity index (χ4v) is 10.1. The first-order valence-corrected chi connectivity index (χ1v) is 25.9. The predicted octanol–water partition coefficient (Wildman–Crippen LogP) is 15.4. The summed E-state index contributed by atoms with van der Waals surface area (Å²) < 4.78 is 34.2. The maximum atomic E-state index is 8.36. The molecule has 0 aliphatic carbocycles. The van der Waals surface area contributed by atoms with Crippen molar-refractivity contribution in [1.82, 2.24) is 19.5 Å². The third-order valence-corrected chi connectivity index (χ3v) is 14.4. The predicted molar refractivity (Wildman–Crippen MR) is 275 cm³/mol. The molecule has 0 saturated heterocycles. The molecular weight excluding hydrogens is 1000 g/mol. The van der Waals surface area contributed by atoms with Gasteiger partial charge >= 0.3 is 0 Å². The minimum absolute atomic E-state index is 0. The minimum Gasteiger partial charge on any atom is -0.501 e. The number of hydrogen-bond donors (Lipinski definition) is 0. The molecule has 0 fully saturated rings. The monoisotopic (exact) mass is 1060 g/mol. The zero-order chi connectivity index (χ0) is 47.5. The molecule has 7 heteroatoms. The molecule has 4 aromatic heterocycles. The molecular formula is C59H52IrN4OSi-2. The van der Waals surface area contributed by atoms with E-state index in [4.69, 9.17) is 13.5 Å². The van der Waals surface area contributed by atoms with Crippen LogP contribution in [-0.4, -0.2) is 27.6 Å². The van der Waals surface area contributed by atoms with E-state index in [2.05, 4.69) is 147 Å². The summed E-state index contributed by atoms with van der Waals surface area (Å²) in [6.45, 7) is 13.6. The molecule has 0 aliphatic heterocycles. The fourth-order valence-electron chi connectivity index (χ4n) is 9.02. The molecule has 5 nitrogen and oxygen atoms in total. The molecule has 0 amide bonds. The molecule has 11 aromatic rings. The summed E-state index contributed by atoms with van der Waals surface area (Å²) in [5.74, 6) is 1.18. The number of furan rings is 1. The van der Waals surface area contributed by atoms with Crippen molar-refractivity contribution in [2.24, 2.45) is 0 Å². The summed E-state index contributed by atoms with van der Waals surface area (Å²) in [6.07, 6.45) is 2.02. The standard InChI is InChI=1S/C45H36N3O.C14H16NSi.Ir/c1-26(2)35-24-30(29-14-7-6-8-15-29)25-36(27(3)4)43(35)48-39-21-12-11-20-38(39)47-45(48)34-18-13-17-33-42-40(49-44(33)34)23-22-31-28(5)46-37-19-10-9-16-32(37)41(31)42;1-16(2,3)13-9-10-14(15-11-13)12-7-5-4-6-8-12;/h6-17,19-27H,1-5H3;4-7,9-11H,1-3H3;/q2*-1;/i5D3;;. The number of imidazole rings is 1. The van der Waals surface area contributed by atoms with Gasteiger partial charge in [-0.3, -0.25) is 9.97 Å². The maximum absolute atomic E-state index is 8.36. The maximum Gasteiger partial charge on any atom is 0.121 e. The Morgan fingerprint density at radius 1 is 0.636 bits per heavy atom. The van der Waals surface area contributed by atoms with Gasteiger partial charge in [-0.1, -0.05) is 131 Å². The van der Waals surface area contributed by atoms with Gasteiger partial charge in [-0.15, -0.1) is 54.1 Å². The first-order chi connectivity index (χ1) is 32.7. The van der Waals surface area contributed by atoms with Crippen molar-refractivity contribution in [1.29, 1.82) is 0 Å². The summed E-state index contributed by atoms with van der Waals surface area (Å²) in [6, 6.07) is 57.8. The van der Waals surface area contributed by atoms with Crippen LogP contribution in [0, 0.1) is 19.0 Å². The topological polar surface area (TPSA) is 56.7 Å². The van der Waals surface area contributed by atoms with Crippen molar-refractivity contribution in [3.63, 3.8) is 0 Å². The van der Waals surface area contributed by atoms with Gasteiger partial charge in [-0.05, 0) is 94.3 Å². The Balaban J connectivity index is 0.000000296. The van der Waals surface area contributed by atoms with Crippen molar-refractivity contribution < 1.29 is 28.6 Å². The number of hydrogen-bond acceptors (Lipinski definition) is 4. The van der Waals surface area contributed by atoms with Gasteiger partial charge in [-0.25, -0.2) is 0 Å². The van der Waals surface area contributed by atoms with Crippen LogP contribution in [0.4, 0.5) is 0 Å². The van der Waals surface area contributed by atoms with Crippen LogP contribution < -0.4 is 5.19 Å². The van der Waals surface area contributed by atoms with Gasteiger partial charge in [0.15, 0.2) is 0 Å². The summed E-state index contributed by atoms with van der Waals surface area (Å²) in [5.41, 5.74) is 12.7. The Morgan fingerprint density at radius 2 is 1.35 bits per heavy atom.